The van der Waals surface area contributed by atoms with Gasteiger partial charge in [-0.25, -0.2) is 0 Å². The molecule has 0 saturated heterocycles. The number of fused-ring (bicyclic) bond motifs is 1. The smallest absolute Gasteiger partial charge is 0.313 e. The second-order valence-corrected chi connectivity index (χ2v) is 3.90. The summed E-state index contributed by atoms with van der Waals surface area (Å²) in [6, 6.07) is 7.41. The van der Waals surface area contributed by atoms with Crippen molar-refractivity contribution in [2.45, 2.75) is 32.5 Å². The zero-order chi connectivity index (χ0) is 12.3. The van der Waals surface area contributed by atoms with Crippen molar-refractivity contribution in [2.75, 3.05) is 6.61 Å². The summed E-state index contributed by atoms with van der Waals surface area (Å²) in [6.07, 6.45) is 0.687. The number of carbonyl (C=O) groups excluding carboxylic acids is 1. The second kappa shape index (κ2) is 4.65. The first-order valence-electron chi connectivity index (χ1n) is 5.82. The molecule has 0 saturated carbocycles. The molecule has 0 aliphatic carbocycles. The van der Waals surface area contributed by atoms with E-state index < -0.39 is 5.79 Å². The van der Waals surface area contributed by atoms with Crippen molar-refractivity contribution in [1.82, 2.24) is 0 Å². The van der Waals surface area contributed by atoms with E-state index in [2.05, 4.69) is 0 Å². The molecule has 0 fully saturated rings. The van der Waals surface area contributed by atoms with E-state index in [1.165, 1.54) is 0 Å². The molecule has 1 aliphatic heterocycles. The molecule has 0 radical (unpaired) electrons. The lowest BCUT2D eigenvalue weighted by Gasteiger charge is -2.25. The van der Waals surface area contributed by atoms with Gasteiger partial charge in [-0.05, 0) is 19.1 Å². The SMILES string of the molecule is CCOC(=O)CC1(CC)Oc2ccccc2O1. The molecule has 4 heteroatoms. The van der Waals surface area contributed by atoms with Crippen LogP contribution in [0, 0.1) is 0 Å². The quantitative estimate of drug-likeness (QED) is 0.753. The maximum atomic E-state index is 11.5. The van der Waals surface area contributed by atoms with Gasteiger partial charge < -0.3 is 14.2 Å². The molecule has 0 amide bonds. The van der Waals surface area contributed by atoms with Gasteiger partial charge in [0.15, 0.2) is 11.5 Å². The van der Waals surface area contributed by atoms with Crippen molar-refractivity contribution >= 4 is 5.97 Å². The summed E-state index contributed by atoms with van der Waals surface area (Å²) in [7, 11) is 0. The minimum atomic E-state index is -0.907. The maximum Gasteiger partial charge on any atom is 0.313 e. The molecule has 0 spiro atoms. The van der Waals surface area contributed by atoms with E-state index in [0.29, 0.717) is 24.5 Å². The summed E-state index contributed by atoms with van der Waals surface area (Å²) < 4.78 is 16.4. The Labute approximate surface area is 100 Å². The number of ether oxygens (including phenoxy) is 3. The minimum absolute atomic E-state index is 0.103. The molecule has 0 bridgehead atoms. The van der Waals surface area contributed by atoms with Gasteiger partial charge in [-0.2, -0.15) is 0 Å². The predicted octanol–water partition coefficient (Wildman–Crippen LogP) is 2.52. The van der Waals surface area contributed by atoms with Gasteiger partial charge in [-0.3, -0.25) is 4.79 Å². The van der Waals surface area contributed by atoms with E-state index in [1.54, 1.807) is 6.92 Å². The van der Waals surface area contributed by atoms with Crippen LogP contribution in [-0.4, -0.2) is 18.4 Å². The van der Waals surface area contributed by atoms with Gasteiger partial charge in [-0.15, -0.1) is 0 Å². The monoisotopic (exact) mass is 236 g/mol. The summed E-state index contributed by atoms with van der Waals surface area (Å²) >= 11 is 0. The highest BCUT2D eigenvalue weighted by molar-refractivity contribution is 5.70. The topological polar surface area (TPSA) is 44.8 Å². The van der Waals surface area contributed by atoms with Gasteiger partial charge in [0.1, 0.15) is 6.42 Å². The number of hydrogen-bond acceptors (Lipinski definition) is 4. The van der Waals surface area contributed by atoms with Crippen LogP contribution in [0.4, 0.5) is 0 Å². The number of carbonyl (C=O) groups is 1. The number of para-hydroxylation sites is 2. The Hall–Kier alpha value is -1.71. The summed E-state index contributed by atoms with van der Waals surface area (Å²) in [5.74, 6) is 0.148. The van der Waals surface area contributed by atoms with Crippen molar-refractivity contribution in [1.29, 1.82) is 0 Å². The Morgan fingerprint density at radius 2 is 1.82 bits per heavy atom. The Balaban J connectivity index is 2.12. The standard InChI is InChI=1S/C13H16O4/c1-3-13(9-12(14)15-4-2)16-10-7-5-6-8-11(10)17-13/h5-8H,3-4,9H2,1-2H3. The predicted molar refractivity (Wildman–Crippen MR) is 62.0 cm³/mol. The zero-order valence-electron chi connectivity index (χ0n) is 10.1. The van der Waals surface area contributed by atoms with Crippen LogP contribution in [0.2, 0.25) is 0 Å². The van der Waals surface area contributed by atoms with Crippen LogP contribution in [-0.2, 0) is 9.53 Å². The van der Waals surface area contributed by atoms with Gasteiger partial charge in [0, 0.05) is 6.42 Å². The summed E-state index contributed by atoms with van der Waals surface area (Å²) in [5.41, 5.74) is 0. The third-order valence-corrected chi connectivity index (χ3v) is 2.70. The molecule has 17 heavy (non-hydrogen) atoms. The first-order chi connectivity index (χ1) is 8.19. The highest BCUT2D eigenvalue weighted by Gasteiger charge is 2.42. The van der Waals surface area contributed by atoms with Gasteiger partial charge in [0.2, 0.25) is 0 Å². The van der Waals surface area contributed by atoms with E-state index in [0.717, 1.165) is 0 Å². The molecule has 2 rings (SSSR count). The van der Waals surface area contributed by atoms with Crippen molar-refractivity contribution in [3.63, 3.8) is 0 Å². The van der Waals surface area contributed by atoms with Crippen LogP contribution in [0.25, 0.3) is 0 Å². The number of esters is 1. The average Bonchev–Trinajstić information content (AvgIpc) is 2.67. The van der Waals surface area contributed by atoms with Crippen molar-refractivity contribution < 1.29 is 19.0 Å². The minimum Gasteiger partial charge on any atom is -0.466 e. The Bertz CT molecular complexity index is 389. The van der Waals surface area contributed by atoms with Gasteiger partial charge in [0.05, 0.1) is 6.61 Å². The maximum absolute atomic E-state index is 11.5. The Kier molecular flexibility index (Phi) is 3.22. The molecule has 1 aromatic rings. The van der Waals surface area contributed by atoms with E-state index in [1.807, 2.05) is 31.2 Å². The summed E-state index contributed by atoms with van der Waals surface area (Å²) in [6.45, 7) is 4.07. The highest BCUT2D eigenvalue weighted by atomic mass is 16.7. The van der Waals surface area contributed by atoms with Crippen LogP contribution >= 0.6 is 0 Å². The lowest BCUT2D eigenvalue weighted by atomic mass is 10.1. The summed E-state index contributed by atoms with van der Waals surface area (Å²) in [4.78, 5) is 11.5. The van der Waals surface area contributed by atoms with E-state index in [4.69, 9.17) is 14.2 Å². The Morgan fingerprint density at radius 1 is 1.24 bits per heavy atom. The van der Waals surface area contributed by atoms with Gasteiger partial charge in [-0.1, -0.05) is 19.1 Å². The zero-order valence-corrected chi connectivity index (χ0v) is 10.1. The Morgan fingerprint density at radius 3 is 2.29 bits per heavy atom. The largest absolute Gasteiger partial charge is 0.466 e. The molecule has 4 nitrogen and oxygen atoms in total. The highest BCUT2D eigenvalue weighted by Crippen LogP contribution is 2.41. The average molecular weight is 236 g/mol. The van der Waals surface area contributed by atoms with Gasteiger partial charge in [0.25, 0.3) is 5.79 Å². The first-order valence-corrected chi connectivity index (χ1v) is 5.82. The van der Waals surface area contributed by atoms with Crippen LogP contribution in [0.1, 0.15) is 26.7 Å². The van der Waals surface area contributed by atoms with E-state index >= 15 is 0 Å². The molecule has 1 aliphatic rings. The van der Waals surface area contributed by atoms with E-state index in [-0.39, 0.29) is 12.4 Å². The van der Waals surface area contributed by atoms with Crippen molar-refractivity contribution in [2.24, 2.45) is 0 Å². The molecule has 92 valence electrons. The fraction of sp³-hybridized carbons (Fsp3) is 0.462. The van der Waals surface area contributed by atoms with Crippen LogP contribution in [0.15, 0.2) is 24.3 Å². The molecule has 0 atom stereocenters. The van der Waals surface area contributed by atoms with E-state index in [9.17, 15) is 4.79 Å². The number of benzene rings is 1. The molecular weight excluding hydrogens is 220 g/mol. The third-order valence-electron chi connectivity index (χ3n) is 2.70. The third kappa shape index (κ3) is 2.35. The molecule has 0 unspecified atom stereocenters. The molecule has 0 aromatic heterocycles. The normalized spacial score (nSPS) is 15.6. The molecular formula is C13H16O4. The lowest BCUT2D eigenvalue weighted by Crippen LogP contribution is -2.40. The lowest BCUT2D eigenvalue weighted by molar-refractivity contribution is -0.158. The second-order valence-electron chi connectivity index (χ2n) is 3.90. The first kappa shape index (κ1) is 11.8. The van der Waals surface area contributed by atoms with Crippen LogP contribution in [0.5, 0.6) is 11.5 Å². The molecule has 1 aromatic carbocycles. The number of rotatable bonds is 4. The van der Waals surface area contributed by atoms with Crippen molar-refractivity contribution in [3.05, 3.63) is 24.3 Å². The van der Waals surface area contributed by atoms with Crippen LogP contribution < -0.4 is 9.47 Å². The summed E-state index contributed by atoms with van der Waals surface area (Å²) in [5, 5.41) is 0. The molecule has 1 heterocycles. The fourth-order valence-electron chi connectivity index (χ4n) is 1.81. The fourth-order valence-corrected chi connectivity index (χ4v) is 1.81. The van der Waals surface area contributed by atoms with Crippen LogP contribution in [0.3, 0.4) is 0 Å². The van der Waals surface area contributed by atoms with Gasteiger partial charge >= 0.3 is 5.97 Å². The molecule has 0 N–H and O–H groups in total. The van der Waals surface area contributed by atoms with Crippen molar-refractivity contribution in [3.8, 4) is 11.5 Å². The number of hydrogen-bond donors (Lipinski definition) is 0.